The van der Waals surface area contributed by atoms with Gasteiger partial charge in [-0.3, -0.25) is 14.2 Å². The van der Waals surface area contributed by atoms with Gasteiger partial charge < -0.3 is 14.8 Å². The third-order valence-electron chi connectivity index (χ3n) is 4.82. The summed E-state index contributed by atoms with van der Waals surface area (Å²) in [5.41, 5.74) is 1.53. The van der Waals surface area contributed by atoms with Gasteiger partial charge in [0.15, 0.2) is 16.7 Å². The van der Waals surface area contributed by atoms with Crippen molar-refractivity contribution in [2.45, 2.75) is 38.0 Å². The summed E-state index contributed by atoms with van der Waals surface area (Å²) in [6.07, 6.45) is 1.85. The fourth-order valence-electron chi connectivity index (χ4n) is 3.20. The molecule has 3 aromatic rings. The summed E-state index contributed by atoms with van der Waals surface area (Å²) in [5.74, 6) is 1.47. The Hall–Kier alpha value is -3.00. The number of benzene rings is 2. The molecule has 7 nitrogen and oxygen atoms in total. The van der Waals surface area contributed by atoms with Crippen molar-refractivity contribution in [3.8, 4) is 11.5 Å². The van der Waals surface area contributed by atoms with Crippen LogP contribution in [0.1, 0.15) is 25.3 Å². The number of carbonyl (C=O) groups is 1. The number of unbranched alkanes of at least 4 members (excludes halogenated alkanes) is 1. The lowest BCUT2D eigenvalue weighted by atomic mass is 10.2. The number of nitrogens with zero attached hydrogens (tertiary/aromatic N) is 2. The van der Waals surface area contributed by atoms with E-state index < -0.39 is 0 Å². The summed E-state index contributed by atoms with van der Waals surface area (Å²) in [6.45, 7) is 3.29. The molecular formula is C22H23N3O4S. The molecule has 0 bridgehead atoms. The van der Waals surface area contributed by atoms with Gasteiger partial charge in [-0.1, -0.05) is 43.3 Å². The second kappa shape index (κ2) is 9.21. The van der Waals surface area contributed by atoms with E-state index in [1.165, 1.54) is 11.8 Å². The molecule has 8 heteroatoms. The number of carbonyl (C=O) groups excluding carboxylic acids is 1. The first kappa shape index (κ1) is 20.3. The Labute approximate surface area is 178 Å². The minimum Gasteiger partial charge on any atom is -0.454 e. The largest absolute Gasteiger partial charge is 0.454 e. The van der Waals surface area contributed by atoms with Crippen molar-refractivity contribution in [3.05, 3.63) is 58.4 Å². The zero-order valence-electron chi connectivity index (χ0n) is 16.7. The van der Waals surface area contributed by atoms with E-state index in [1.807, 2.05) is 36.4 Å². The summed E-state index contributed by atoms with van der Waals surface area (Å²) in [5, 5.41) is 4.08. The monoisotopic (exact) mass is 425 g/mol. The van der Waals surface area contributed by atoms with Crippen LogP contribution < -0.4 is 20.3 Å². The molecule has 1 aromatic heterocycles. The lowest BCUT2D eigenvalue weighted by Crippen LogP contribution is -2.27. The zero-order chi connectivity index (χ0) is 20.9. The van der Waals surface area contributed by atoms with Gasteiger partial charge in [-0.15, -0.1) is 0 Å². The van der Waals surface area contributed by atoms with Crippen LogP contribution in [0.4, 0.5) is 0 Å². The van der Waals surface area contributed by atoms with Crippen molar-refractivity contribution < 1.29 is 14.3 Å². The SMILES string of the molecule is CCCCn1c(SCC(=O)NCc2ccc3c(c2)OCO3)nc2ccccc2c1=O. The van der Waals surface area contributed by atoms with Crippen molar-refractivity contribution in [2.75, 3.05) is 12.5 Å². The van der Waals surface area contributed by atoms with Gasteiger partial charge in [0.1, 0.15) is 0 Å². The Bertz CT molecular complexity index is 1130. The van der Waals surface area contributed by atoms with Gasteiger partial charge >= 0.3 is 0 Å². The van der Waals surface area contributed by atoms with E-state index in [0.717, 1.165) is 18.4 Å². The second-order valence-corrected chi connectivity index (χ2v) is 7.92. The molecule has 0 spiro atoms. The highest BCUT2D eigenvalue weighted by Crippen LogP contribution is 2.32. The lowest BCUT2D eigenvalue weighted by molar-refractivity contribution is -0.118. The molecule has 0 aliphatic carbocycles. The van der Waals surface area contributed by atoms with Crippen molar-refractivity contribution in [2.24, 2.45) is 0 Å². The molecule has 0 fully saturated rings. The molecule has 0 saturated carbocycles. The van der Waals surface area contributed by atoms with Gasteiger partial charge in [-0.2, -0.15) is 0 Å². The van der Waals surface area contributed by atoms with Gasteiger partial charge in [0.2, 0.25) is 12.7 Å². The van der Waals surface area contributed by atoms with Crippen LogP contribution in [0.5, 0.6) is 11.5 Å². The van der Waals surface area contributed by atoms with Gasteiger partial charge in [0, 0.05) is 13.1 Å². The average Bonchev–Trinajstić information content (AvgIpc) is 3.24. The third kappa shape index (κ3) is 4.43. The smallest absolute Gasteiger partial charge is 0.262 e. The van der Waals surface area contributed by atoms with E-state index in [2.05, 4.69) is 17.2 Å². The maximum absolute atomic E-state index is 12.9. The highest BCUT2D eigenvalue weighted by atomic mass is 32.2. The standard InChI is InChI=1S/C22H23N3O4S/c1-2-3-10-25-21(27)16-6-4-5-7-17(16)24-22(25)30-13-20(26)23-12-15-8-9-18-19(11-15)29-14-28-18/h4-9,11H,2-3,10,12-14H2,1H3,(H,23,26). The van der Waals surface area contributed by atoms with Crippen LogP contribution in [0.3, 0.4) is 0 Å². The number of fused-ring (bicyclic) bond motifs is 2. The fraction of sp³-hybridized carbons (Fsp3) is 0.318. The highest BCUT2D eigenvalue weighted by Gasteiger charge is 2.15. The molecule has 1 aliphatic heterocycles. The normalized spacial score (nSPS) is 12.3. The first-order valence-electron chi connectivity index (χ1n) is 9.93. The number of thioether (sulfide) groups is 1. The van der Waals surface area contributed by atoms with E-state index in [0.29, 0.717) is 40.6 Å². The number of rotatable bonds is 8. The van der Waals surface area contributed by atoms with E-state index in [1.54, 1.807) is 10.6 Å². The van der Waals surface area contributed by atoms with Crippen molar-refractivity contribution in [3.63, 3.8) is 0 Å². The second-order valence-electron chi connectivity index (χ2n) is 6.97. The molecule has 4 rings (SSSR count). The van der Waals surface area contributed by atoms with Crippen molar-refractivity contribution >= 4 is 28.6 Å². The molecule has 1 N–H and O–H groups in total. The maximum Gasteiger partial charge on any atom is 0.262 e. The number of aromatic nitrogens is 2. The van der Waals surface area contributed by atoms with Gasteiger partial charge in [-0.25, -0.2) is 4.98 Å². The van der Waals surface area contributed by atoms with Crippen LogP contribution in [0.15, 0.2) is 52.4 Å². The Balaban J connectivity index is 1.43. The molecule has 0 saturated heterocycles. The molecule has 156 valence electrons. The van der Waals surface area contributed by atoms with E-state index in [4.69, 9.17) is 9.47 Å². The lowest BCUT2D eigenvalue weighted by Gasteiger charge is -2.13. The van der Waals surface area contributed by atoms with Crippen LogP contribution in [0, 0.1) is 0 Å². The van der Waals surface area contributed by atoms with E-state index >= 15 is 0 Å². The van der Waals surface area contributed by atoms with Crippen molar-refractivity contribution in [1.82, 2.24) is 14.9 Å². The number of amides is 1. The molecule has 0 atom stereocenters. The van der Waals surface area contributed by atoms with Gasteiger partial charge in [-0.05, 0) is 36.2 Å². The summed E-state index contributed by atoms with van der Waals surface area (Å²) in [7, 11) is 0. The Kier molecular flexibility index (Phi) is 6.23. The predicted octanol–water partition coefficient (Wildman–Crippen LogP) is 3.33. The topological polar surface area (TPSA) is 82.5 Å². The summed E-state index contributed by atoms with van der Waals surface area (Å²) in [6, 6.07) is 12.9. The van der Waals surface area contributed by atoms with E-state index in [9.17, 15) is 9.59 Å². The summed E-state index contributed by atoms with van der Waals surface area (Å²) < 4.78 is 12.3. The Morgan fingerprint density at radius 3 is 2.90 bits per heavy atom. The zero-order valence-corrected chi connectivity index (χ0v) is 17.5. The molecule has 1 amide bonds. The Morgan fingerprint density at radius 1 is 1.20 bits per heavy atom. The van der Waals surface area contributed by atoms with Gasteiger partial charge in [0.25, 0.3) is 5.56 Å². The van der Waals surface area contributed by atoms with Crippen LogP contribution in [-0.4, -0.2) is 28.0 Å². The molecule has 30 heavy (non-hydrogen) atoms. The van der Waals surface area contributed by atoms with Crippen LogP contribution in [0.2, 0.25) is 0 Å². The maximum atomic E-state index is 12.9. The quantitative estimate of drug-likeness (QED) is 0.440. The molecule has 0 radical (unpaired) electrons. The minimum absolute atomic E-state index is 0.0580. The first-order valence-corrected chi connectivity index (χ1v) is 10.9. The number of ether oxygens (including phenoxy) is 2. The first-order chi connectivity index (χ1) is 14.7. The highest BCUT2D eigenvalue weighted by molar-refractivity contribution is 7.99. The molecule has 2 heterocycles. The van der Waals surface area contributed by atoms with Crippen LogP contribution in [-0.2, 0) is 17.9 Å². The number of hydrogen-bond donors (Lipinski definition) is 1. The van der Waals surface area contributed by atoms with Crippen LogP contribution in [0.25, 0.3) is 10.9 Å². The summed E-state index contributed by atoms with van der Waals surface area (Å²) in [4.78, 5) is 29.9. The third-order valence-corrected chi connectivity index (χ3v) is 5.80. The number of para-hydroxylation sites is 1. The molecule has 1 aliphatic rings. The number of hydrogen-bond acceptors (Lipinski definition) is 6. The summed E-state index contributed by atoms with van der Waals surface area (Å²) >= 11 is 1.28. The van der Waals surface area contributed by atoms with Crippen molar-refractivity contribution in [1.29, 1.82) is 0 Å². The van der Waals surface area contributed by atoms with E-state index in [-0.39, 0.29) is 24.0 Å². The molecule has 2 aromatic carbocycles. The fourth-order valence-corrected chi connectivity index (χ4v) is 4.06. The average molecular weight is 426 g/mol. The van der Waals surface area contributed by atoms with Crippen LogP contribution >= 0.6 is 11.8 Å². The number of nitrogens with one attached hydrogen (secondary N) is 1. The Morgan fingerprint density at radius 2 is 2.03 bits per heavy atom. The molecular weight excluding hydrogens is 402 g/mol. The molecule has 0 unspecified atom stereocenters. The van der Waals surface area contributed by atoms with Gasteiger partial charge in [0.05, 0.1) is 16.7 Å². The predicted molar refractivity (Wildman–Crippen MR) is 116 cm³/mol. The minimum atomic E-state index is -0.123.